The molecular weight excluding hydrogens is 472 g/mol. The molecule has 0 fully saturated rings. The van der Waals surface area contributed by atoms with Gasteiger partial charge in [0.1, 0.15) is 7.05 Å². The van der Waals surface area contributed by atoms with Crippen LogP contribution in [0.25, 0.3) is 60.4 Å². The van der Waals surface area contributed by atoms with E-state index >= 15 is 0 Å². The van der Waals surface area contributed by atoms with Crippen molar-refractivity contribution in [3.63, 3.8) is 0 Å². The second-order valence-electron chi connectivity index (χ2n) is 11.7. The van der Waals surface area contributed by atoms with E-state index in [1.807, 2.05) is 12.1 Å². The molecule has 39 heavy (non-hydrogen) atoms. The second kappa shape index (κ2) is 8.54. The molecule has 5 aromatic carbocycles. The van der Waals surface area contributed by atoms with Crippen molar-refractivity contribution in [2.75, 3.05) is 0 Å². The maximum atomic E-state index is 8.45. The molecule has 2 heteroatoms. The first-order valence-corrected chi connectivity index (χ1v) is 13.7. The highest BCUT2D eigenvalue weighted by Gasteiger charge is 2.26. The van der Waals surface area contributed by atoms with Crippen LogP contribution in [0.4, 0.5) is 0 Å². The van der Waals surface area contributed by atoms with Gasteiger partial charge in [-0.25, -0.2) is 0 Å². The van der Waals surface area contributed by atoms with Gasteiger partial charge in [0.05, 0.1) is 29.0 Å². The van der Waals surface area contributed by atoms with Crippen LogP contribution in [0.5, 0.6) is 0 Å². The molecular formula is C37H33N2+. The van der Waals surface area contributed by atoms with E-state index in [0.29, 0.717) is 6.04 Å². The molecule has 0 saturated carbocycles. The molecule has 0 unspecified atom stereocenters. The van der Waals surface area contributed by atoms with E-state index in [1.165, 1.54) is 54.8 Å². The lowest BCUT2D eigenvalue weighted by Crippen LogP contribution is -2.33. The van der Waals surface area contributed by atoms with Crippen molar-refractivity contribution in [1.82, 2.24) is 4.57 Å². The number of benzene rings is 5. The minimum atomic E-state index is -0.00232. The summed E-state index contributed by atoms with van der Waals surface area (Å²) in [5.74, 6) is 0. The fourth-order valence-electron chi connectivity index (χ4n) is 6.39. The Morgan fingerprint density at radius 2 is 1.26 bits per heavy atom. The van der Waals surface area contributed by atoms with Gasteiger partial charge in [0, 0.05) is 22.9 Å². The standard InChI is InChI=1S/C37H33N2/c1-24-25-14-6-7-15-26(25)31(37(2,3)4)22-30(24)35-23-36(29-18-10-11-19-32(29)38(35)5)39-33-20-12-8-16-27(33)28-17-9-13-21-34(28)39/h6-23H,1-5H3/q+1/i12D. The first kappa shape index (κ1) is 22.5. The van der Waals surface area contributed by atoms with E-state index in [-0.39, 0.29) is 5.41 Å². The molecule has 0 saturated heterocycles. The fourth-order valence-corrected chi connectivity index (χ4v) is 6.39. The van der Waals surface area contributed by atoms with Crippen LogP contribution in [-0.2, 0) is 12.5 Å². The molecule has 7 aromatic rings. The van der Waals surface area contributed by atoms with Crippen LogP contribution in [-0.4, -0.2) is 4.57 Å². The highest BCUT2D eigenvalue weighted by molar-refractivity contribution is 6.10. The Balaban J connectivity index is 1.65. The summed E-state index contributed by atoms with van der Waals surface area (Å²) in [5.41, 5.74) is 9.58. The molecule has 2 aromatic heterocycles. The topological polar surface area (TPSA) is 8.81 Å². The Morgan fingerprint density at radius 1 is 0.667 bits per heavy atom. The molecule has 0 aliphatic carbocycles. The average Bonchev–Trinajstić information content (AvgIpc) is 3.27. The first-order chi connectivity index (χ1) is 19.2. The third-order valence-corrected chi connectivity index (χ3v) is 8.33. The van der Waals surface area contributed by atoms with Crippen LogP contribution < -0.4 is 4.57 Å². The van der Waals surface area contributed by atoms with Gasteiger partial charge < -0.3 is 4.57 Å². The maximum absolute atomic E-state index is 8.45. The predicted octanol–water partition coefficient (Wildman–Crippen LogP) is 9.19. The zero-order valence-electron chi connectivity index (χ0n) is 24.2. The van der Waals surface area contributed by atoms with Gasteiger partial charge in [-0.3, -0.25) is 0 Å². The molecule has 0 N–H and O–H groups in total. The Labute approximate surface area is 231 Å². The van der Waals surface area contributed by atoms with Gasteiger partial charge in [-0.2, -0.15) is 4.57 Å². The lowest BCUT2D eigenvalue weighted by Gasteiger charge is -2.24. The number of rotatable bonds is 2. The zero-order valence-corrected chi connectivity index (χ0v) is 23.2. The van der Waals surface area contributed by atoms with Crippen molar-refractivity contribution in [3.8, 4) is 16.9 Å². The van der Waals surface area contributed by atoms with Crippen molar-refractivity contribution < 1.29 is 5.94 Å². The summed E-state index contributed by atoms with van der Waals surface area (Å²) in [6.07, 6.45) is 0. The number of aryl methyl sites for hydroxylation is 2. The normalized spacial score (nSPS) is 12.6. The Bertz CT molecular complexity index is 2130. The monoisotopic (exact) mass is 506 g/mol. The largest absolute Gasteiger partial charge is 0.308 e. The number of para-hydroxylation sites is 3. The van der Waals surface area contributed by atoms with Crippen molar-refractivity contribution in [1.29, 1.82) is 0 Å². The molecule has 0 radical (unpaired) electrons. The molecule has 2 nitrogen and oxygen atoms in total. The number of pyridine rings is 1. The van der Waals surface area contributed by atoms with Gasteiger partial charge in [-0.15, -0.1) is 0 Å². The van der Waals surface area contributed by atoms with Gasteiger partial charge >= 0.3 is 0 Å². The molecule has 2 heterocycles. The third-order valence-electron chi connectivity index (χ3n) is 8.33. The van der Waals surface area contributed by atoms with Crippen LogP contribution in [0.1, 0.15) is 33.3 Å². The van der Waals surface area contributed by atoms with E-state index in [4.69, 9.17) is 1.37 Å². The molecule has 190 valence electrons. The average molecular weight is 507 g/mol. The van der Waals surface area contributed by atoms with Crippen LogP contribution in [0.2, 0.25) is 0 Å². The molecule has 7 rings (SSSR count). The zero-order chi connectivity index (χ0) is 27.8. The molecule has 0 spiro atoms. The number of nitrogens with zero attached hydrogens (tertiary/aromatic N) is 2. The van der Waals surface area contributed by atoms with Crippen LogP contribution in [0.3, 0.4) is 0 Å². The Kier molecular flexibility index (Phi) is 4.94. The summed E-state index contributed by atoms with van der Waals surface area (Å²) >= 11 is 0. The minimum Gasteiger partial charge on any atom is -0.308 e. The lowest BCUT2D eigenvalue weighted by atomic mass is 9.80. The molecule has 0 atom stereocenters. The van der Waals surface area contributed by atoms with E-state index in [2.05, 4.69) is 135 Å². The molecule has 0 aliphatic heterocycles. The molecule has 0 aliphatic rings. The number of fused-ring (bicyclic) bond motifs is 5. The van der Waals surface area contributed by atoms with Crippen molar-refractivity contribution in [2.45, 2.75) is 33.1 Å². The lowest BCUT2D eigenvalue weighted by molar-refractivity contribution is -0.633. The van der Waals surface area contributed by atoms with E-state index in [0.717, 1.165) is 16.7 Å². The Morgan fingerprint density at radius 3 is 2.00 bits per heavy atom. The summed E-state index contributed by atoms with van der Waals surface area (Å²) in [4.78, 5) is 0. The summed E-state index contributed by atoms with van der Waals surface area (Å²) in [6.45, 7) is 9.16. The summed E-state index contributed by atoms with van der Waals surface area (Å²) < 4.78 is 13.1. The van der Waals surface area contributed by atoms with Crippen LogP contribution >= 0.6 is 0 Å². The van der Waals surface area contributed by atoms with Gasteiger partial charge in [0.2, 0.25) is 11.2 Å². The SMILES string of the molecule is [2H]c1ccc2c3ccccc3n(-c3cc(-c4cc(C(C)(C)C)c5ccccc5c4C)[n+](C)c4ccccc34)c2c1. The summed E-state index contributed by atoms with van der Waals surface area (Å²) in [6, 6.07) is 37.3. The highest BCUT2D eigenvalue weighted by atomic mass is 15.0. The van der Waals surface area contributed by atoms with Gasteiger partial charge in [-0.1, -0.05) is 93.5 Å². The summed E-state index contributed by atoms with van der Waals surface area (Å²) in [7, 11) is 2.18. The van der Waals surface area contributed by atoms with Gasteiger partial charge in [0.25, 0.3) is 0 Å². The number of hydrogen-bond donors (Lipinski definition) is 0. The van der Waals surface area contributed by atoms with Crippen LogP contribution in [0, 0.1) is 6.92 Å². The van der Waals surface area contributed by atoms with Gasteiger partial charge in [0.15, 0.2) is 0 Å². The fraction of sp³-hybridized carbons (Fsp3) is 0.162. The van der Waals surface area contributed by atoms with Crippen molar-refractivity contribution in [2.24, 2.45) is 7.05 Å². The van der Waals surface area contributed by atoms with E-state index in [9.17, 15) is 0 Å². The highest BCUT2D eigenvalue weighted by Crippen LogP contribution is 2.39. The number of aromatic nitrogens is 2. The Hall–Kier alpha value is -4.43. The second-order valence-corrected chi connectivity index (χ2v) is 11.7. The summed E-state index contributed by atoms with van der Waals surface area (Å²) in [5, 5.41) is 6.18. The smallest absolute Gasteiger partial charge is 0.215 e. The molecule has 0 bridgehead atoms. The van der Waals surface area contributed by atoms with Gasteiger partial charge in [-0.05, 0) is 58.5 Å². The van der Waals surface area contributed by atoms with Crippen molar-refractivity contribution in [3.05, 3.63) is 120 Å². The maximum Gasteiger partial charge on any atom is 0.215 e. The third kappa shape index (κ3) is 3.51. The number of hydrogen-bond acceptors (Lipinski definition) is 0. The van der Waals surface area contributed by atoms with E-state index in [1.54, 1.807) is 0 Å². The molecule has 0 amide bonds. The van der Waals surface area contributed by atoms with E-state index < -0.39 is 0 Å². The predicted molar refractivity (Wildman–Crippen MR) is 166 cm³/mol. The minimum absolute atomic E-state index is 0.00232. The quantitative estimate of drug-likeness (QED) is 0.207. The van der Waals surface area contributed by atoms with Crippen LogP contribution in [0.15, 0.2) is 109 Å². The van der Waals surface area contributed by atoms with Crippen molar-refractivity contribution >= 4 is 43.5 Å². The first-order valence-electron chi connectivity index (χ1n) is 14.2.